The number of ether oxygens (including phenoxy) is 1. The van der Waals surface area contributed by atoms with Gasteiger partial charge in [-0.1, -0.05) is 18.2 Å². The first kappa shape index (κ1) is 18.7. The molecule has 25 heavy (non-hydrogen) atoms. The number of halogens is 1. The van der Waals surface area contributed by atoms with E-state index in [1.54, 1.807) is 30.3 Å². The molecule has 134 valence electrons. The number of carbonyl (C=O) groups is 1. The summed E-state index contributed by atoms with van der Waals surface area (Å²) in [5.41, 5.74) is 1.19. The van der Waals surface area contributed by atoms with Gasteiger partial charge in [0.15, 0.2) is 0 Å². The summed E-state index contributed by atoms with van der Waals surface area (Å²) in [4.78, 5) is 11.8. The van der Waals surface area contributed by atoms with Crippen molar-refractivity contribution in [1.82, 2.24) is 5.32 Å². The van der Waals surface area contributed by atoms with E-state index in [2.05, 4.69) is 10.6 Å². The van der Waals surface area contributed by atoms with Gasteiger partial charge >= 0.3 is 0 Å². The molecule has 5 nitrogen and oxygen atoms in total. The fourth-order valence-corrected chi connectivity index (χ4v) is 2.24. The minimum Gasteiger partial charge on any atom is -0.491 e. The summed E-state index contributed by atoms with van der Waals surface area (Å²) < 4.78 is 18.6. The highest BCUT2D eigenvalue weighted by Crippen LogP contribution is 2.20. The summed E-state index contributed by atoms with van der Waals surface area (Å²) in [6, 6.07) is 13.0. The molecule has 0 bridgehead atoms. The van der Waals surface area contributed by atoms with Gasteiger partial charge < -0.3 is 20.5 Å². The number of hydrogen-bond donors (Lipinski definition) is 3. The number of benzene rings is 2. The lowest BCUT2D eigenvalue weighted by Gasteiger charge is -2.15. The lowest BCUT2D eigenvalue weighted by Crippen LogP contribution is -2.33. The molecule has 6 heteroatoms. The number of amides is 1. The van der Waals surface area contributed by atoms with Crippen LogP contribution < -0.4 is 15.4 Å². The second-order valence-electron chi connectivity index (χ2n) is 5.92. The van der Waals surface area contributed by atoms with Gasteiger partial charge in [0.05, 0.1) is 18.8 Å². The van der Waals surface area contributed by atoms with Crippen molar-refractivity contribution in [1.29, 1.82) is 0 Å². The number of nitrogens with one attached hydrogen (secondary N) is 2. The minimum atomic E-state index is -0.839. The van der Waals surface area contributed by atoms with Gasteiger partial charge in [0, 0.05) is 12.2 Å². The van der Waals surface area contributed by atoms with Crippen LogP contribution in [0, 0.1) is 5.82 Å². The zero-order valence-electron chi connectivity index (χ0n) is 14.3. The van der Waals surface area contributed by atoms with E-state index in [1.165, 1.54) is 12.1 Å². The van der Waals surface area contributed by atoms with Crippen molar-refractivity contribution in [2.24, 2.45) is 0 Å². The Balaban J connectivity index is 1.80. The molecule has 1 amide bonds. The van der Waals surface area contributed by atoms with Crippen molar-refractivity contribution in [2.75, 3.05) is 18.4 Å². The molecule has 0 aliphatic carbocycles. The number of anilines is 1. The number of aliphatic hydroxyl groups is 1. The first-order valence-corrected chi connectivity index (χ1v) is 8.15. The topological polar surface area (TPSA) is 70.6 Å². The van der Waals surface area contributed by atoms with Gasteiger partial charge in [0.25, 0.3) is 0 Å². The van der Waals surface area contributed by atoms with E-state index in [9.17, 15) is 14.3 Å². The third-order valence-electron chi connectivity index (χ3n) is 3.38. The van der Waals surface area contributed by atoms with Crippen molar-refractivity contribution in [3.8, 4) is 5.75 Å². The molecular weight excluding hydrogens is 323 g/mol. The summed E-state index contributed by atoms with van der Waals surface area (Å²) in [5, 5.41) is 15.7. The maximum Gasteiger partial charge on any atom is 0.239 e. The Kier molecular flexibility index (Phi) is 6.77. The molecule has 2 aromatic rings. The average molecular weight is 346 g/mol. The highest BCUT2D eigenvalue weighted by Gasteiger charge is 2.11. The molecule has 0 aliphatic heterocycles. The van der Waals surface area contributed by atoms with Crippen molar-refractivity contribution in [3.63, 3.8) is 0 Å². The monoisotopic (exact) mass is 346 g/mol. The van der Waals surface area contributed by atoms with Crippen LogP contribution in [0.25, 0.3) is 0 Å². The molecule has 2 rings (SSSR count). The van der Waals surface area contributed by atoms with Gasteiger partial charge in [0.2, 0.25) is 5.91 Å². The Morgan fingerprint density at radius 3 is 2.68 bits per heavy atom. The molecule has 0 aliphatic rings. The summed E-state index contributed by atoms with van der Waals surface area (Å²) in [5.74, 6) is 0.00729. The number of hydrogen-bond acceptors (Lipinski definition) is 4. The lowest BCUT2D eigenvalue weighted by atomic mass is 10.1. The summed E-state index contributed by atoms with van der Waals surface area (Å²) in [6.07, 6.45) is -0.796. The van der Waals surface area contributed by atoms with Gasteiger partial charge in [-0.05, 0) is 49.7 Å². The Hall–Kier alpha value is -2.60. The highest BCUT2D eigenvalue weighted by atomic mass is 19.1. The van der Waals surface area contributed by atoms with Crippen LogP contribution >= 0.6 is 0 Å². The molecule has 1 atom stereocenters. The van der Waals surface area contributed by atoms with Crippen LogP contribution in [0.2, 0.25) is 0 Å². The zero-order valence-corrected chi connectivity index (χ0v) is 14.3. The molecule has 2 aromatic carbocycles. The molecule has 0 fully saturated rings. The van der Waals surface area contributed by atoms with Gasteiger partial charge in [0.1, 0.15) is 11.6 Å². The molecule has 0 unspecified atom stereocenters. The Bertz CT molecular complexity index is 707. The van der Waals surface area contributed by atoms with E-state index in [-0.39, 0.29) is 30.9 Å². The number of aliphatic hydroxyl groups excluding tert-OH is 1. The SMILES string of the molecule is CC(C)Oc1cccc([C@@H](O)CNC(=O)CNc2cccc(F)c2)c1. The third kappa shape index (κ3) is 6.43. The number of rotatable bonds is 8. The van der Waals surface area contributed by atoms with Crippen LogP contribution in [-0.4, -0.2) is 30.2 Å². The smallest absolute Gasteiger partial charge is 0.239 e. The van der Waals surface area contributed by atoms with Crippen molar-refractivity contribution >= 4 is 11.6 Å². The predicted octanol–water partition coefficient (Wildman–Crippen LogP) is 2.87. The molecule has 0 saturated heterocycles. The van der Waals surface area contributed by atoms with Crippen LogP contribution in [0.3, 0.4) is 0 Å². The summed E-state index contributed by atoms with van der Waals surface area (Å²) >= 11 is 0. The van der Waals surface area contributed by atoms with E-state index >= 15 is 0 Å². The molecular formula is C19H23FN2O3. The first-order valence-electron chi connectivity index (χ1n) is 8.15. The summed E-state index contributed by atoms with van der Waals surface area (Å²) in [7, 11) is 0. The highest BCUT2D eigenvalue weighted by molar-refractivity contribution is 5.80. The van der Waals surface area contributed by atoms with E-state index in [4.69, 9.17) is 4.74 Å². The standard InChI is InChI=1S/C19H23FN2O3/c1-13(2)25-17-8-3-5-14(9-17)18(23)11-22-19(24)12-21-16-7-4-6-15(20)10-16/h3-10,13,18,21,23H,11-12H2,1-2H3,(H,22,24)/t18-/m0/s1. The minimum absolute atomic E-state index is 0.00727. The Morgan fingerprint density at radius 2 is 1.96 bits per heavy atom. The van der Waals surface area contributed by atoms with Gasteiger partial charge in [-0.3, -0.25) is 4.79 Å². The van der Waals surface area contributed by atoms with Gasteiger partial charge in [-0.15, -0.1) is 0 Å². The maximum atomic E-state index is 13.1. The van der Waals surface area contributed by atoms with E-state index in [0.717, 1.165) is 0 Å². The van der Waals surface area contributed by atoms with E-state index in [1.807, 2.05) is 19.9 Å². The molecule has 0 radical (unpaired) electrons. The van der Waals surface area contributed by atoms with E-state index in [0.29, 0.717) is 17.0 Å². The van der Waals surface area contributed by atoms with Crippen LogP contribution in [0.4, 0.5) is 10.1 Å². The van der Waals surface area contributed by atoms with Crippen LogP contribution in [0.1, 0.15) is 25.5 Å². The van der Waals surface area contributed by atoms with Crippen molar-refractivity contribution < 1.29 is 19.0 Å². The fraction of sp³-hybridized carbons (Fsp3) is 0.316. The lowest BCUT2D eigenvalue weighted by molar-refractivity contribution is -0.119. The van der Waals surface area contributed by atoms with Crippen LogP contribution in [0.15, 0.2) is 48.5 Å². The first-order chi connectivity index (χ1) is 11.9. The number of carbonyl (C=O) groups excluding carboxylic acids is 1. The second kappa shape index (κ2) is 9.03. The molecule has 0 saturated carbocycles. The fourth-order valence-electron chi connectivity index (χ4n) is 2.24. The largest absolute Gasteiger partial charge is 0.491 e. The Morgan fingerprint density at radius 1 is 1.20 bits per heavy atom. The summed E-state index contributed by atoms with van der Waals surface area (Å²) in [6.45, 7) is 3.92. The zero-order chi connectivity index (χ0) is 18.2. The molecule has 0 spiro atoms. The third-order valence-corrected chi connectivity index (χ3v) is 3.38. The predicted molar refractivity (Wildman–Crippen MR) is 95.1 cm³/mol. The normalized spacial score (nSPS) is 11.9. The average Bonchev–Trinajstić information content (AvgIpc) is 2.57. The van der Waals surface area contributed by atoms with Crippen LogP contribution in [-0.2, 0) is 4.79 Å². The van der Waals surface area contributed by atoms with Crippen molar-refractivity contribution in [2.45, 2.75) is 26.1 Å². The second-order valence-corrected chi connectivity index (χ2v) is 5.92. The van der Waals surface area contributed by atoms with E-state index < -0.39 is 6.10 Å². The molecule has 3 N–H and O–H groups in total. The Labute approximate surface area is 146 Å². The molecule has 0 heterocycles. The molecule has 0 aromatic heterocycles. The maximum absolute atomic E-state index is 13.1. The quantitative estimate of drug-likeness (QED) is 0.687. The van der Waals surface area contributed by atoms with Crippen molar-refractivity contribution in [3.05, 3.63) is 59.9 Å². The van der Waals surface area contributed by atoms with Gasteiger partial charge in [-0.2, -0.15) is 0 Å². The van der Waals surface area contributed by atoms with Gasteiger partial charge in [-0.25, -0.2) is 4.39 Å². The van der Waals surface area contributed by atoms with Crippen LogP contribution in [0.5, 0.6) is 5.75 Å².